The van der Waals surface area contributed by atoms with Crippen LogP contribution in [0.15, 0.2) is 48.5 Å². The van der Waals surface area contributed by atoms with E-state index in [-0.39, 0.29) is 6.04 Å². The van der Waals surface area contributed by atoms with Crippen molar-refractivity contribution in [2.45, 2.75) is 44.7 Å². The van der Waals surface area contributed by atoms with Gasteiger partial charge in [-0.3, -0.25) is 4.90 Å². The maximum absolute atomic E-state index is 6.09. The SMILES string of the molecule is CC[C@@H]1CCCCN1C(c1ccc(Cl)cc1)c1ccc(Cl)cc1. The minimum Gasteiger partial charge on any atom is -0.289 e. The van der Waals surface area contributed by atoms with E-state index in [2.05, 4.69) is 36.1 Å². The number of piperidine rings is 1. The molecule has 0 aliphatic carbocycles. The van der Waals surface area contributed by atoms with Gasteiger partial charge in [0.15, 0.2) is 0 Å². The van der Waals surface area contributed by atoms with Crippen LogP contribution in [0.5, 0.6) is 0 Å². The van der Waals surface area contributed by atoms with E-state index in [1.807, 2.05) is 24.3 Å². The van der Waals surface area contributed by atoms with Gasteiger partial charge in [-0.1, -0.05) is 60.8 Å². The molecular weight excluding hydrogens is 325 g/mol. The van der Waals surface area contributed by atoms with Gasteiger partial charge < -0.3 is 0 Å². The Morgan fingerprint density at radius 2 is 1.43 bits per heavy atom. The molecule has 0 radical (unpaired) electrons. The summed E-state index contributed by atoms with van der Waals surface area (Å²) in [4.78, 5) is 2.66. The van der Waals surface area contributed by atoms with Gasteiger partial charge in [0.05, 0.1) is 6.04 Å². The molecule has 1 fully saturated rings. The van der Waals surface area contributed by atoms with Crippen molar-refractivity contribution in [3.63, 3.8) is 0 Å². The highest BCUT2D eigenvalue weighted by molar-refractivity contribution is 6.30. The molecule has 1 saturated heterocycles. The van der Waals surface area contributed by atoms with Crippen LogP contribution in [0.3, 0.4) is 0 Å². The van der Waals surface area contributed by atoms with Crippen LogP contribution in [0.1, 0.15) is 49.8 Å². The van der Waals surface area contributed by atoms with Crippen molar-refractivity contribution in [3.05, 3.63) is 69.7 Å². The van der Waals surface area contributed by atoms with Crippen LogP contribution in [-0.2, 0) is 0 Å². The number of hydrogen-bond acceptors (Lipinski definition) is 1. The van der Waals surface area contributed by atoms with Crippen LogP contribution < -0.4 is 0 Å². The van der Waals surface area contributed by atoms with Crippen molar-refractivity contribution in [1.29, 1.82) is 0 Å². The lowest BCUT2D eigenvalue weighted by Crippen LogP contribution is -2.42. The minimum atomic E-state index is 0.273. The van der Waals surface area contributed by atoms with Gasteiger partial charge in [-0.05, 0) is 61.2 Å². The fourth-order valence-corrected chi connectivity index (χ4v) is 3.92. The van der Waals surface area contributed by atoms with Crippen LogP contribution in [0.2, 0.25) is 10.0 Å². The Hall–Kier alpha value is -1.02. The Balaban J connectivity index is 2.01. The molecule has 0 N–H and O–H groups in total. The molecule has 2 aromatic carbocycles. The van der Waals surface area contributed by atoms with Gasteiger partial charge >= 0.3 is 0 Å². The molecule has 0 bridgehead atoms. The smallest absolute Gasteiger partial charge is 0.0604 e. The highest BCUT2D eigenvalue weighted by Crippen LogP contribution is 2.35. The molecule has 0 unspecified atom stereocenters. The van der Waals surface area contributed by atoms with Gasteiger partial charge in [0.25, 0.3) is 0 Å². The zero-order valence-corrected chi connectivity index (χ0v) is 15.0. The van der Waals surface area contributed by atoms with Crippen LogP contribution >= 0.6 is 23.2 Å². The Morgan fingerprint density at radius 1 is 0.913 bits per heavy atom. The monoisotopic (exact) mass is 347 g/mol. The Morgan fingerprint density at radius 3 is 1.91 bits per heavy atom. The quantitative estimate of drug-likeness (QED) is 0.622. The molecule has 1 nitrogen and oxygen atoms in total. The first-order chi connectivity index (χ1) is 11.2. The molecule has 1 aliphatic rings. The number of halogens is 2. The normalized spacial score (nSPS) is 19.2. The first kappa shape index (κ1) is 16.8. The van der Waals surface area contributed by atoms with Crippen molar-refractivity contribution in [1.82, 2.24) is 4.90 Å². The second-order valence-corrected chi connectivity index (χ2v) is 7.17. The molecule has 1 heterocycles. The van der Waals surface area contributed by atoms with E-state index in [1.165, 1.54) is 36.8 Å². The van der Waals surface area contributed by atoms with Crippen molar-refractivity contribution >= 4 is 23.2 Å². The third kappa shape index (κ3) is 3.91. The lowest BCUT2D eigenvalue weighted by atomic mass is 9.91. The van der Waals surface area contributed by atoms with Crippen molar-refractivity contribution in [2.75, 3.05) is 6.54 Å². The fraction of sp³-hybridized carbons (Fsp3) is 0.400. The van der Waals surface area contributed by atoms with Gasteiger partial charge in [0.1, 0.15) is 0 Å². The van der Waals surface area contributed by atoms with Crippen LogP contribution in [0.4, 0.5) is 0 Å². The fourth-order valence-electron chi connectivity index (χ4n) is 3.67. The predicted molar refractivity (Wildman–Crippen MR) is 99.4 cm³/mol. The summed E-state index contributed by atoms with van der Waals surface area (Å²) < 4.78 is 0. The third-order valence-corrected chi connectivity index (χ3v) is 5.35. The molecule has 0 amide bonds. The molecule has 3 heteroatoms. The molecule has 0 saturated carbocycles. The van der Waals surface area contributed by atoms with E-state index >= 15 is 0 Å². The second kappa shape index (κ2) is 7.70. The number of hydrogen-bond donors (Lipinski definition) is 0. The predicted octanol–water partition coefficient (Wildman–Crippen LogP) is 6.35. The molecule has 23 heavy (non-hydrogen) atoms. The Labute approximate surface area is 149 Å². The van der Waals surface area contributed by atoms with Gasteiger partial charge in [0, 0.05) is 16.1 Å². The van der Waals surface area contributed by atoms with Gasteiger partial charge in [-0.15, -0.1) is 0 Å². The zero-order chi connectivity index (χ0) is 16.2. The van der Waals surface area contributed by atoms with E-state index in [9.17, 15) is 0 Å². The third-order valence-electron chi connectivity index (χ3n) is 4.85. The summed E-state index contributed by atoms with van der Waals surface area (Å²) >= 11 is 12.2. The van der Waals surface area contributed by atoms with Gasteiger partial charge in [-0.25, -0.2) is 0 Å². The van der Waals surface area contributed by atoms with Crippen molar-refractivity contribution in [2.24, 2.45) is 0 Å². The van der Waals surface area contributed by atoms with Crippen molar-refractivity contribution in [3.8, 4) is 0 Å². The van der Waals surface area contributed by atoms with Crippen LogP contribution in [0.25, 0.3) is 0 Å². The molecule has 1 atom stereocenters. The zero-order valence-electron chi connectivity index (χ0n) is 13.5. The summed E-state index contributed by atoms with van der Waals surface area (Å²) in [6.07, 6.45) is 5.09. The standard InChI is InChI=1S/C20H23Cl2N/c1-2-19-5-3-4-14-23(19)20(15-6-10-17(21)11-7-15)16-8-12-18(22)13-9-16/h6-13,19-20H,2-5,14H2,1H3/t19-/m1/s1. The topological polar surface area (TPSA) is 3.24 Å². The highest BCUT2D eigenvalue weighted by Gasteiger charge is 2.29. The summed E-state index contributed by atoms with van der Waals surface area (Å²) in [5.74, 6) is 0. The lowest BCUT2D eigenvalue weighted by Gasteiger charge is -2.41. The van der Waals surface area contributed by atoms with E-state index < -0.39 is 0 Å². The minimum absolute atomic E-state index is 0.273. The number of rotatable bonds is 4. The summed E-state index contributed by atoms with van der Waals surface area (Å²) in [6.45, 7) is 3.44. The largest absolute Gasteiger partial charge is 0.289 e. The summed E-state index contributed by atoms with van der Waals surface area (Å²) in [6, 6.07) is 17.5. The molecule has 1 aliphatic heterocycles. The molecule has 3 rings (SSSR count). The average Bonchev–Trinajstić information content (AvgIpc) is 2.59. The van der Waals surface area contributed by atoms with E-state index in [1.54, 1.807) is 0 Å². The first-order valence-corrected chi connectivity index (χ1v) is 9.21. The van der Waals surface area contributed by atoms with Gasteiger partial charge in [0.2, 0.25) is 0 Å². The first-order valence-electron chi connectivity index (χ1n) is 8.45. The Kier molecular flexibility index (Phi) is 5.63. The molecule has 0 spiro atoms. The molecule has 122 valence electrons. The van der Waals surface area contributed by atoms with Crippen LogP contribution in [0, 0.1) is 0 Å². The van der Waals surface area contributed by atoms with E-state index in [0.717, 1.165) is 16.6 Å². The number of likely N-dealkylation sites (tertiary alicyclic amines) is 1. The molecule has 0 aromatic heterocycles. The number of benzene rings is 2. The average molecular weight is 348 g/mol. The summed E-state index contributed by atoms with van der Waals surface area (Å²) in [5.41, 5.74) is 2.61. The van der Waals surface area contributed by atoms with E-state index in [4.69, 9.17) is 23.2 Å². The number of nitrogens with zero attached hydrogens (tertiary/aromatic N) is 1. The Bertz CT molecular complexity index is 576. The maximum atomic E-state index is 6.09. The van der Waals surface area contributed by atoms with E-state index in [0.29, 0.717) is 6.04 Å². The summed E-state index contributed by atoms with van der Waals surface area (Å²) in [5, 5.41) is 1.57. The summed E-state index contributed by atoms with van der Waals surface area (Å²) in [7, 11) is 0. The molecule has 2 aromatic rings. The van der Waals surface area contributed by atoms with Crippen LogP contribution in [-0.4, -0.2) is 17.5 Å². The highest BCUT2D eigenvalue weighted by atomic mass is 35.5. The lowest BCUT2D eigenvalue weighted by molar-refractivity contribution is 0.110. The van der Waals surface area contributed by atoms with Crippen molar-refractivity contribution < 1.29 is 0 Å². The molecular formula is C20H23Cl2N. The second-order valence-electron chi connectivity index (χ2n) is 6.30. The maximum Gasteiger partial charge on any atom is 0.0604 e. The van der Waals surface area contributed by atoms with Gasteiger partial charge in [-0.2, -0.15) is 0 Å².